The normalized spacial score (nSPS) is 10.6. The predicted molar refractivity (Wildman–Crippen MR) is 41.8 cm³/mol. The first kappa shape index (κ1) is 10.5. The Morgan fingerprint density at radius 1 is 1.64 bits per heavy atom. The molecule has 0 atom stereocenters. The average molecular weight is 204 g/mol. The smallest absolute Gasteiger partial charge is 0.363 e. The zero-order valence-corrected chi connectivity index (χ0v) is 6.85. The van der Waals surface area contributed by atoms with Crippen LogP contribution in [0.3, 0.4) is 0 Å². The largest absolute Gasteiger partial charge is 0.392 e. The van der Waals surface area contributed by atoms with Gasteiger partial charge in [-0.1, -0.05) is 0 Å². The Hall–Kier alpha value is -1.63. The summed E-state index contributed by atoms with van der Waals surface area (Å²) in [6.45, 7) is -0.620. The van der Waals surface area contributed by atoms with E-state index in [1.54, 1.807) is 0 Å². The number of hydrogen-bond donors (Lipinski definition) is 1. The number of halogens is 2. The zero-order chi connectivity index (χ0) is 10.7. The summed E-state index contributed by atoms with van der Waals surface area (Å²) in [6, 6.07) is 0.663. The third-order valence-corrected chi connectivity index (χ3v) is 1.60. The fourth-order valence-corrected chi connectivity index (χ4v) is 0.923. The van der Waals surface area contributed by atoms with Gasteiger partial charge in [-0.2, -0.15) is 0 Å². The number of nitrogens with zero attached hydrogens (tertiary/aromatic N) is 2. The van der Waals surface area contributed by atoms with Crippen molar-refractivity contribution in [2.45, 2.75) is 13.0 Å². The van der Waals surface area contributed by atoms with E-state index in [1.165, 1.54) is 0 Å². The maximum atomic E-state index is 12.3. The fourth-order valence-electron chi connectivity index (χ4n) is 0.923. The van der Waals surface area contributed by atoms with Crippen molar-refractivity contribution >= 4 is 5.82 Å². The Bertz CT molecular complexity index is 357. The van der Waals surface area contributed by atoms with Gasteiger partial charge in [-0.05, 0) is 9.91 Å². The molecular formula is C7H6F2N2O3. The van der Waals surface area contributed by atoms with E-state index in [0.717, 1.165) is 6.20 Å². The number of pyridine rings is 1. The lowest BCUT2D eigenvalue weighted by molar-refractivity contribution is -0.389. The summed E-state index contributed by atoms with van der Waals surface area (Å²) in [5.41, 5.74) is -0.667. The Morgan fingerprint density at radius 2 is 2.29 bits per heavy atom. The van der Waals surface area contributed by atoms with Crippen molar-refractivity contribution in [2.24, 2.45) is 0 Å². The van der Waals surface area contributed by atoms with Gasteiger partial charge in [0.05, 0.1) is 6.61 Å². The maximum absolute atomic E-state index is 12.3. The first-order valence-corrected chi connectivity index (χ1v) is 3.58. The number of alkyl halides is 2. The minimum absolute atomic E-state index is 0.106. The molecule has 1 N–H and O–H groups in total. The molecule has 1 aromatic rings. The van der Waals surface area contributed by atoms with Gasteiger partial charge in [0, 0.05) is 17.2 Å². The quantitative estimate of drug-likeness (QED) is 0.596. The minimum Gasteiger partial charge on any atom is -0.392 e. The van der Waals surface area contributed by atoms with E-state index in [0.29, 0.717) is 6.07 Å². The van der Waals surface area contributed by atoms with Gasteiger partial charge < -0.3 is 15.2 Å². The van der Waals surface area contributed by atoms with E-state index in [4.69, 9.17) is 5.11 Å². The van der Waals surface area contributed by atoms with Gasteiger partial charge in [0.15, 0.2) is 0 Å². The Morgan fingerprint density at radius 3 is 2.71 bits per heavy atom. The number of aliphatic hydroxyl groups excluding tert-OH is 1. The third-order valence-electron chi connectivity index (χ3n) is 1.60. The standard InChI is InChI=1S/C7H6F2N2O3/c8-7(9)5-1-6(11(13)14)10-2-4(5)3-12/h1-2,7,12H,3H2. The number of hydrogen-bond acceptors (Lipinski definition) is 4. The lowest BCUT2D eigenvalue weighted by Crippen LogP contribution is -2.00. The highest BCUT2D eigenvalue weighted by atomic mass is 19.3. The van der Waals surface area contributed by atoms with Gasteiger partial charge in [-0.15, -0.1) is 0 Å². The van der Waals surface area contributed by atoms with Crippen molar-refractivity contribution in [2.75, 3.05) is 0 Å². The number of nitro groups is 1. The van der Waals surface area contributed by atoms with Gasteiger partial charge >= 0.3 is 5.82 Å². The molecule has 1 heterocycles. The van der Waals surface area contributed by atoms with Crippen LogP contribution in [0.1, 0.15) is 17.6 Å². The molecule has 76 valence electrons. The van der Waals surface area contributed by atoms with Crippen LogP contribution in [0.15, 0.2) is 12.3 Å². The molecule has 0 aliphatic carbocycles. The van der Waals surface area contributed by atoms with E-state index in [9.17, 15) is 18.9 Å². The van der Waals surface area contributed by atoms with E-state index in [1.807, 2.05) is 0 Å². The van der Waals surface area contributed by atoms with Crippen LogP contribution in [-0.2, 0) is 6.61 Å². The highest BCUT2D eigenvalue weighted by Crippen LogP contribution is 2.25. The maximum Gasteiger partial charge on any atom is 0.363 e. The van der Waals surface area contributed by atoms with Crippen LogP contribution in [0.2, 0.25) is 0 Å². The molecule has 0 spiro atoms. The minimum atomic E-state index is -2.86. The third kappa shape index (κ3) is 1.99. The second kappa shape index (κ2) is 4.05. The topological polar surface area (TPSA) is 76.3 Å². The Balaban J connectivity index is 3.20. The molecule has 0 aromatic carbocycles. The Kier molecular flexibility index (Phi) is 3.03. The zero-order valence-electron chi connectivity index (χ0n) is 6.85. The summed E-state index contributed by atoms with van der Waals surface area (Å²) in [4.78, 5) is 12.6. The molecule has 5 nitrogen and oxygen atoms in total. The SMILES string of the molecule is O=[N+]([O-])c1cc(C(F)F)c(CO)cn1. The van der Waals surface area contributed by atoms with E-state index < -0.39 is 29.3 Å². The molecule has 0 saturated heterocycles. The van der Waals surface area contributed by atoms with Gasteiger partial charge in [0.25, 0.3) is 6.43 Å². The van der Waals surface area contributed by atoms with Crippen LogP contribution in [0.5, 0.6) is 0 Å². The predicted octanol–water partition coefficient (Wildman–Crippen LogP) is 1.42. The summed E-state index contributed by atoms with van der Waals surface area (Å²) in [7, 11) is 0. The Labute approximate surface area is 77.2 Å². The first-order valence-electron chi connectivity index (χ1n) is 3.58. The van der Waals surface area contributed by atoms with Crippen molar-refractivity contribution < 1.29 is 18.8 Å². The highest BCUT2D eigenvalue weighted by Gasteiger charge is 2.18. The van der Waals surface area contributed by atoms with Crippen molar-refractivity contribution in [3.05, 3.63) is 33.5 Å². The molecule has 0 radical (unpaired) electrons. The first-order chi connectivity index (χ1) is 6.56. The average Bonchev–Trinajstić information content (AvgIpc) is 2.16. The molecule has 1 rings (SSSR count). The van der Waals surface area contributed by atoms with E-state index in [-0.39, 0.29) is 5.56 Å². The fraction of sp³-hybridized carbons (Fsp3) is 0.286. The second-order valence-electron chi connectivity index (χ2n) is 2.46. The van der Waals surface area contributed by atoms with Crippen LogP contribution in [-0.4, -0.2) is 15.0 Å². The van der Waals surface area contributed by atoms with Crippen molar-refractivity contribution in [3.63, 3.8) is 0 Å². The van der Waals surface area contributed by atoms with Crippen molar-refractivity contribution in [3.8, 4) is 0 Å². The molecule has 0 aliphatic rings. The van der Waals surface area contributed by atoms with Gasteiger partial charge in [0.1, 0.15) is 6.20 Å². The number of rotatable bonds is 3. The summed E-state index contributed by atoms with van der Waals surface area (Å²) < 4.78 is 24.6. The number of aromatic nitrogens is 1. The van der Waals surface area contributed by atoms with Gasteiger partial charge in [0.2, 0.25) is 0 Å². The molecule has 0 bridgehead atoms. The summed E-state index contributed by atoms with van der Waals surface area (Å²) >= 11 is 0. The lowest BCUT2D eigenvalue weighted by atomic mass is 10.1. The van der Waals surface area contributed by atoms with Crippen LogP contribution in [0.4, 0.5) is 14.6 Å². The summed E-state index contributed by atoms with van der Waals surface area (Å²) in [6.07, 6.45) is -1.99. The van der Waals surface area contributed by atoms with Gasteiger partial charge in [-0.25, -0.2) is 8.78 Å². The molecule has 7 heteroatoms. The molecule has 0 aliphatic heterocycles. The highest BCUT2D eigenvalue weighted by molar-refractivity contribution is 5.33. The summed E-state index contributed by atoms with van der Waals surface area (Å²) in [5, 5.41) is 18.9. The molecular weight excluding hydrogens is 198 g/mol. The second-order valence-corrected chi connectivity index (χ2v) is 2.46. The molecule has 0 saturated carbocycles. The van der Waals surface area contributed by atoms with Crippen molar-refractivity contribution in [1.29, 1.82) is 0 Å². The monoisotopic (exact) mass is 204 g/mol. The van der Waals surface area contributed by atoms with E-state index in [2.05, 4.69) is 4.98 Å². The molecule has 0 fully saturated rings. The van der Waals surface area contributed by atoms with Crippen molar-refractivity contribution in [1.82, 2.24) is 4.98 Å². The van der Waals surface area contributed by atoms with Crippen LogP contribution < -0.4 is 0 Å². The summed E-state index contributed by atoms with van der Waals surface area (Å²) in [5.74, 6) is -0.655. The van der Waals surface area contributed by atoms with Crippen LogP contribution in [0.25, 0.3) is 0 Å². The van der Waals surface area contributed by atoms with Crippen LogP contribution in [0, 0.1) is 10.1 Å². The molecule has 0 amide bonds. The van der Waals surface area contributed by atoms with Gasteiger partial charge in [-0.3, -0.25) is 0 Å². The molecule has 1 aromatic heterocycles. The van der Waals surface area contributed by atoms with E-state index >= 15 is 0 Å². The molecule has 14 heavy (non-hydrogen) atoms. The van der Waals surface area contributed by atoms with Crippen LogP contribution >= 0.6 is 0 Å². The lowest BCUT2D eigenvalue weighted by Gasteiger charge is -2.03. The number of aliphatic hydroxyl groups is 1. The molecule has 0 unspecified atom stereocenters.